The third kappa shape index (κ3) is 13.1. The first-order valence-electron chi connectivity index (χ1n) is 18.4. The van der Waals surface area contributed by atoms with E-state index in [4.69, 9.17) is 62.1 Å². The molecule has 0 spiro atoms. The molecule has 5 fully saturated rings. The molecule has 1 unspecified atom stereocenters. The van der Waals surface area contributed by atoms with Crippen molar-refractivity contribution in [3.05, 3.63) is 0 Å². The molecule has 5 heterocycles. The Bertz CT molecular complexity index is 1180. The molecule has 0 aromatic heterocycles. The van der Waals surface area contributed by atoms with Crippen molar-refractivity contribution in [3.63, 3.8) is 0 Å². The van der Waals surface area contributed by atoms with Crippen molar-refractivity contribution < 1.29 is 148 Å². The normalized spacial score (nSPS) is 44.4. The van der Waals surface area contributed by atoms with Gasteiger partial charge in [-0.1, -0.05) is 0 Å². The van der Waals surface area contributed by atoms with Crippen molar-refractivity contribution in [2.24, 2.45) is 5.73 Å². The van der Waals surface area contributed by atoms with E-state index in [1.165, 1.54) is 6.92 Å². The van der Waals surface area contributed by atoms with Gasteiger partial charge < -0.3 is 103 Å². The largest absolute Gasteiger partial charge is 1.00 e. The van der Waals surface area contributed by atoms with Gasteiger partial charge in [0.15, 0.2) is 25.2 Å². The van der Waals surface area contributed by atoms with Crippen LogP contribution >= 0.6 is 8.60 Å². The Labute approximate surface area is 368 Å². The van der Waals surface area contributed by atoms with E-state index in [9.17, 15) is 40.3 Å². The third-order valence-corrected chi connectivity index (χ3v) is 10.5. The molecule has 0 aromatic rings. The number of aliphatic hydroxyl groups is 6. The number of rotatable bonds is 17. The fourth-order valence-corrected chi connectivity index (χ4v) is 7.60. The maximum atomic E-state index is 12.7. The van der Waals surface area contributed by atoms with Crippen molar-refractivity contribution in [1.82, 2.24) is 5.32 Å². The summed E-state index contributed by atoms with van der Waals surface area (Å²) in [4.78, 5) is 25.0. The second-order valence-electron chi connectivity index (χ2n) is 13.9. The molecule has 19 atom stereocenters. The minimum absolute atomic E-state index is 0. The van der Waals surface area contributed by atoms with Crippen molar-refractivity contribution in [1.29, 1.82) is 0 Å². The quantitative estimate of drug-likeness (QED) is 0.0383. The van der Waals surface area contributed by atoms with Gasteiger partial charge in [-0.05, 0) is 13.8 Å². The zero-order chi connectivity index (χ0) is 39.8. The number of carbonyl (C=O) groups excluding carboxylic acids is 1. The number of fused-ring (bicyclic) bond motifs is 1. The molecule has 0 bridgehead atoms. The third-order valence-electron chi connectivity index (χ3n) is 9.76. The van der Waals surface area contributed by atoms with Gasteiger partial charge in [-0.2, -0.15) is 0 Å². The molecule has 5 aliphatic rings. The molecule has 1 amide bonds. The van der Waals surface area contributed by atoms with Crippen LogP contribution in [0.2, 0.25) is 0 Å². The van der Waals surface area contributed by atoms with Gasteiger partial charge in [0.2, 0.25) is 5.91 Å². The summed E-state index contributed by atoms with van der Waals surface area (Å²) in [6.07, 6.45) is -21.8. The summed E-state index contributed by atoms with van der Waals surface area (Å²) in [5.41, 5.74) is 5.43. The molecule has 0 radical (unpaired) electrons. The summed E-state index contributed by atoms with van der Waals surface area (Å²) < 4.78 is 70.2. The van der Waals surface area contributed by atoms with Crippen LogP contribution in [0.15, 0.2) is 0 Å². The van der Waals surface area contributed by atoms with Crippen molar-refractivity contribution >= 4 is 14.5 Å². The van der Waals surface area contributed by atoms with Gasteiger partial charge in [0, 0.05) is 26.3 Å². The number of nitrogens with one attached hydrogen (secondary N) is 1. The van der Waals surface area contributed by atoms with Crippen LogP contribution in [0.4, 0.5) is 0 Å². The molecule has 5 aliphatic heterocycles. The topological polar surface area (TPSA) is 310 Å². The summed E-state index contributed by atoms with van der Waals surface area (Å²) in [7, 11) is -2.63. The van der Waals surface area contributed by atoms with E-state index in [0.717, 1.165) is 0 Å². The van der Waals surface area contributed by atoms with Gasteiger partial charge >= 0.3 is 51.4 Å². The molecule has 320 valence electrons. The molecular weight excluding hydrogens is 802 g/mol. The minimum atomic E-state index is -2.63. The number of ether oxygens (including phenoxy) is 10. The van der Waals surface area contributed by atoms with E-state index in [0.29, 0.717) is 19.8 Å². The molecule has 22 nitrogen and oxygen atoms in total. The van der Waals surface area contributed by atoms with Crippen LogP contribution < -0.4 is 67.3 Å². The van der Waals surface area contributed by atoms with Gasteiger partial charge in [-0.15, -0.1) is 0 Å². The molecule has 0 aliphatic carbocycles. The van der Waals surface area contributed by atoms with Gasteiger partial charge in [0.25, 0.3) is 0 Å². The van der Waals surface area contributed by atoms with Gasteiger partial charge in [-0.25, -0.2) is 0 Å². The number of nitrogens with two attached hydrogens (primary N) is 1. The van der Waals surface area contributed by atoms with Crippen LogP contribution in [0.1, 0.15) is 33.6 Å². The SMILES string of the molecule is CC(=O)N[C@H]1[C@H](OCCOCCOCCN)O[C@H](CO)[C@@H](O[C@@H]2O[C@@H](C)[C@@H](O)C[C@@H]2O)[C@@H]1O[C@@H]1O[C@@H]2COP([O-])O[C@@H]2[C@H](O)[C@H]1O[C@@H]1O[C@@H](C)[C@@H](O)C[C@@H]1O.[K+]. The smallest absolute Gasteiger partial charge is 0.786 e. The molecule has 5 saturated heterocycles. The summed E-state index contributed by atoms with van der Waals surface area (Å²) in [6.45, 7) is 4.69. The second kappa shape index (κ2) is 23.8. The predicted molar refractivity (Wildman–Crippen MR) is 179 cm³/mol. The Kier molecular flexibility index (Phi) is 21.0. The van der Waals surface area contributed by atoms with E-state index in [-0.39, 0.29) is 90.7 Å². The van der Waals surface area contributed by atoms with Crippen molar-refractivity contribution in [3.8, 4) is 0 Å². The number of aliphatic hydroxyl groups excluding tert-OH is 6. The van der Waals surface area contributed by atoms with E-state index >= 15 is 0 Å². The zero-order valence-electron chi connectivity index (χ0n) is 31.9. The average Bonchev–Trinajstić information content (AvgIpc) is 3.13. The van der Waals surface area contributed by atoms with Crippen LogP contribution in [0.5, 0.6) is 0 Å². The van der Waals surface area contributed by atoms with Crippen LogP contribution in [-0.2, 0) is 61.2 Å². The van der Waals surface area contributed by atoms with Crippen LogP contribution in [0.25, 0.3) is 0 Å². The van der Waals surface area contributed by atoms with E-state index in [1.54, 1.807) is 13.8 Å². The fourth-order valence-electron chi connectivity index (χ4n) is 6.81. The molecule has 0 aromatic carbocycles. The van der Waals surface area contributed by atoms with Gasteiger partial charge in [-0.3, -0.25) is 4.79 Å². The number of hydrogen-bond acceptors (Lipinski definition) is 21. The first kappa shape index (κ1) is 49.4. The number of hydrogen-bond donors (Lipinski definition) is 8. The van der Waals surface area contributed by atoms with E-state index < -0.39 is 132 Å². The summed E-state index contributed by atoms with van der Waals surface area (Å²) in [5.74, 6) is -0.558. The molecular formula is C32H56KN2O20P. The van der Waals surface area contributed by atoms with Crippen LogP contribution in [0, 0.1) is 0 Å². The molecule has 9 N–H and O–H groups in total. The maximum absolute atomic E-state index is 12.7. The Hall–Kier alpha value is 0.736. The Morgan fingerprint density at radius 2 is 1.36 bits per heavy atom. The molecule has 5 rings (SSSR count). The van der Waals surface area contributed by atoms with Gasteiger partial charge in [0.1, 0.15) is 61.0 Å². The van der Waals surface area contributed by atoms with Gasteiger partial charge in [0.05, 0.1) is 79.3 Å². The standard InChI is InChI=1S/C32H56N2O20P.K/c1-14-17(37)10-19(39)29(47-14)51-26-21(12-35)49-31(45-9-8-44-7-6-43-5-4-33)23(34-16(3)36)27(26)52-32-28(53-30-20(40)11-18(38)15(2)48-30)24(41)25-22(50-32)13-46-55(42)54-25;/h14-15,17-32,35,37-41H,4-13,33H2,1-3H3,(H,34,36);/q-1;+1/t14-,15-,17-,18-,19-,20-,21+,22+,23+,24-,25-,26+,27+,28+,29-,30-,31+,32-,55?;/m0./s1. The van der Waals surface area contributed by atoms with E-state index in [1.807, 2.05) is 0 Å². The fraction of sp³-hybridized carbons (Fsp3) is 0.969. The average molecular weight is 859 g/mol. The summed E-state index contributed by atoms with van der Waals surface area (Å²) in [6, 6.07) is -1.25. The summed E-state index contributed by atoms with van der Waals surface area (Å²) in [5, 5.41) is 67.2. The predicted octanol–water partition coefficient (Wildman–Crippen LogP) is -7.82. The first-order chi connectivity index (χ1) is 26.3. The van der Waals surface area contributed by atoms with Crippen molar-refractivity contribution in [2.75, 3.05) is 52.8 Å². The Morgan fingerprint density at radius 1 is 0.786 bits per heavy atom. The van der Waals surface area contributed by atoms with E-state index in [2.05, 4.69) is 5.32 Å². The number of carbonyl (C=O) groups is 1. The molecule has 24 heteroatoms. The maximum Gasteiger partial charge on any atom is 1.00 e. The Balaban J connectivity index is 0.00000696. The van der Waals surface area contributed by atoms with Crippen LogP contribution in [-0.4, -0.2) is 200 Å². The second-order valence-corrected chi connectivity index (χ2v) is 14.8. The zero-order valence-corrected chi connectivity index (χ0v) is 35.9. The monoisotopic (exact) mass is 858 g/mol. The van der Waals surface area contributed by atoms with Crippen molar-refractivity contribution in [2.45, 2.75) is 144 Å². The number of amides is 1. The van der Waals surface area contributed by atoms with Crippen LogP contribution in [0.3, 0.4) is 0 Å². The summed E-state index contributed by atoms with van der Waals surface area (Å²) >= 11 is 0. The first-order valence-corrected chi connectivity index (χ1v) is 19.5. The minimum Gasteiger partial charge on any atom is -0.786 e. The Morgan fingerprint density at radius 3 is 1.95 bits per heavy atom. The molecule has 56 heavy (non-hydrogen) atoms. The molecule has 0 saturated carbocycles.